The van der Waals surface area contributed by atoms with Gasteiger partial charge < -0.3 is 19.3 Å². The summed E-state index contributed by atoms with van der Waals surface area (Å²) in [6.45, 7) is 4.22. The Hall–Kier alpha value is -4.21. The molecule has 3 aromatic rings. The Morgan fingerprint density at radius 3 is 2.48 bits per heavy atom. The molecule has 5 rings (SSSR count). The summed E-state index contributed by atoms with van der Waals surface area (Å²) in [5.74, 6) is -1.86. The Balaban J connectivity index is 0.000000579. The van der Waals surface area contributed by atoms with Crippen LogP contribution in [0.1, 0.15) is 24.3 Å². The lowest BCUT2D eigenvalue weighted by atomic mass is 9.77. The molecule has 0 bridgehead atoms. The number of carbonyl (C=O) groups is 2. The summed E-state index contributed by atoms with van der Waals surface area (Å²) in [7, 11) is -6.09. The zero-order valence-corrected chi connectivity index (χ0v) is 27.5. The van der Waals surface area contributed by atoms with Crippen molar-refractivity contribution in [2.24, 2.45) is 17.0 Å². The van der Waals surface area contributed by atoms with E-state index in [4.69, 9.17) is 23.2 Å². The number of halogens is 3. The van der Waals surface area contributed by atoms with Gasteiger partial charge in [0.05, 0.1) is 41.0 Å². The topological polar surface area (TPSA) is 224 Å². The number of nitrogens with zero attached hydrogens (tertiary/aromatic N) is 7. The maximum atomic E-state index is 13.5. The summed E-state index contributed by atoms with van der Waals surface area (Å²) in [4.78, 5) is 43.0. The molecule has 4 heterocycles. The average molecular weight is 734 g/mol. The number of carbonyl (C=O) groups excluding carboxylic acids is 2. The highest BCUT2D eigenvalue weighted by molar-refractivity contribution is 7.98. The second-order valence-electron chi connectivity index (χ2n) is 10.5. The fourth-order valence-corrected chi connectivity index (χ4v) is 7.64. The number of β-lactam (4-membered cyclic amide) rings is 1. The Morgan fingerprint density at radius 1 is 1.33 bits per heavy atom. The van der Waals surface area contributed by atoms with Gasteiger partial charge in [-0.15, -0.1) is 0 Å². The number of esters is 1. The molecule has 4 atom stereocenters. The van der Waals surface area contributed by atoms with Gasteiger partial charge >= 0.3 is 11.5 Å². The van der Waals surface area contributed by atoms with E-state index in [9.17, 15) is 38.0 Å². The molecule has 0 radical (unpaired) electrons. The Morgan fingerprint density at radius 2 is 1.96 bits per heavy atom. The van der Waals surface area contributed by atoms with Crippen LogP contribution >= 0.6 is 23.1 Å². The summed E-state index contributed by atoms with van der Waals surface area (Å²) in [6, 6.07) is 5.33. The van der Waals surface area contributed by atoms with Gasteiger partial charge in [-0.2, -0.15) is 17.6 Å². The van der Waals surface area contributed by atoms with Gasteiger partial charge in [0.1, 0.15) is 18.5 Å². The first-order valence-corrected chi connectivity index (χ1v) is 17.1. The number of thiazole rings is 1. The number of nitro benzene ring substituents is 1. The summed E-state index contributed by atoms with van der Waals surface area (Å²) in [6.07, 6.45) is 4.90. The smallest absolute Gasteiger partial charge is 0.485 e. The van der Waals surface area contributed by atoms with Crippen molar-refractivity contribution in [3.8, 4) is 0 Å². The van der Waals surface area contributed by atoms with Crippen LogP contribution in [0.3, 0.4) is 0 Å². The van der Waals surface area contributed by atoms with E-state index in [2.05, 4.69) is 10.0 Å². The van der Waals surface area contributed by atoms with Crippen LogP contribution in [0.5, 0.6) is 0 Å². The van der Waals surface area contributed by atoms with E-state index in [0.29, 0.717) is 24.2 Å². The second-order valence-corrected chi connectivity index (χ2v) is 13.7. The van der Waals surface area contributed by atoms with Crippen LogP contribution in [-0.2, 0) is 37.6 Å². The number of imidazole rings is 1. The van der Waals surface area contributed by atoms with Gasteiger partial charge in [-0.25, -0.2) is 17.8 Å². The van der Waals surface area contributed by atoms with Crippen LogP contribution < -0.4 is 4.57 Å². The molecule has 1 saturated heterocycles. The Labute approximate surface area is 277 Å². The molecule has 1 aromatic carbocycles. The number of amides is 1. The van der Waals surface area contributed by atoms with Crippen LogP contribution in [0.4, 0.5) is 18.9 Å². The van der Waals surface area contributed by atoms with E-state index in [0.717, 1.165) is 14.7 Å². The van der Waals surface area contributed by atoms with E-state index >= 15 is 0 Å². The summed E-state index contributed by atoms with van der Waals surface area (Å²) in [5.41, 5.74) is 4.30. The maximum Gasteiger partial charge on any atom is 0.485 e. The van der Waals surface area contributed by atoms with E-state index < -0.39 is 38.5 Å². The number of benzene rings is 1. The first-order chi connectivity index (χ1) is 22.4. The monoisotopic (exact) mass is 733 g/mol. The van der Waals surface area contributed by atoms with Crippen molar-refractivity contribution in [1.29, 1.82) is 0 Å². The molecule has 2 aliphatic heterocycles. The normalized spacial score (nSPS) is 19.6. The van der Waals surface area contributed by atoms with E-state index in [1.165, 1.54) is 40.5 Å². The van der Waals surface area contributed by atoms with E-state index in [1.807, 2.05) is 34.7 Å². The molecule has 1 fully saturated rings. The van der Waals surface area contributed by atoms with Crippen molar-refractivity contribution in [2.75, 3.05) is 12.8 Å². The van der Waals surface area contributed by atoms with Gasteiger partial charge in [-0.1, -0.05) is 35.1 Å². The highest BCUT2D eigenvalue weighted by atomic mass is 32.2. The maximum absolute atomic E-state index is 13.5. The molecule has 0 unspecified atom stereocenters. The summed E-state index contributed by atoms with van der Waals surface area (Å²) >= 11 is 3.03. The van der Waals surface area contributed by atoms with Crippen LogP contribution in [-0.4, -0.2) is 74.6 Å². The van der Waals surface area contributed by atoms with Gasteiger partial charge in [-0.3, -0.25) is 14.9 Å². The van der Waals surface area contributed by atoms with Gasteiger partial charge in [0.15, 0.2) is 10.1 Å². The quantitative estimate of drug-likeness (QED) is 0.0272. The van der Waals surface area contributed by atoms with E-state index in [1.54, 1.807) is 18.7 Å². The standard InChI is InChI=1S/C25H26N7O6S2.CHF3O3S/c1-13-18(17-10-30-12-29(9-8-27-28-26)23(39-3)24(30)40-17)21(31-20(13)19(14(2)33)22(31)34)25(35)38-11-15-4-6-16(7-5-15)32(36)37;2-1(3,4)8(5,6)7/h4-7,10,12-14,19-20,33H,8-9,11H2,1-3H3;(H,5,6,7)/q+1;/p-1/t13-,14+,19+,20+;/m0./s1. The third-order valence-corrected chi connectivity index (χ3v) is 10.2. The van der Waals surface area contributed by atoms with Crippen molar-refractivity contribution in [3.63, 3.8) is 0 Å². The predicted octanol–water partition coefficient (Wildman–Crippen LogP) is 3.59. The fourth-order valence-electron chi connectivity index (χ4n) is 5.43. The van der Waals surface area contributed by atoms with Crippen molar-refractivity contribution < 1.29 is 55.1 Å². The molecule has 16 nitrogen and oxygen atoms in total. The number of fused-ring (bicyclic) bond motifs is 2. The lowest BCUT2D eigenvalue weighted by molar-refractivity contribution is -0.727. The number of non-ortho nitro benzene ring substituents is 1. The molecule has 22 heteroatoms. The first kappa shape index (κ1) is 36.6. The number of nitro groups is 1. The number of aliphatic hydroxyl groups excluding tert-OH is 1. The van der Waals surface area contributed by atoms with Gasteiger partial charge in [0, 0.05) is 28.5 Å². The molecular weight excluding hydrogens is 708 g/mol. The molecule has 1 amide bonds. The number of thioether (sulfide) groups is 1. The van der Waals surface area contributed by atoms with Gasteiger partial charge in [-0.05, 0) is 36.4 Å². The molecule has 258 valence electrons. The number of aromatic nitrogens is 2. The number of alkyl halides is 3. The van der Waals surface area contributed by atoms with Crippen LogP contribution in [0.15, 0.2) is 52.6 Å². The first-order valence-electron chi connectivity index (χ1n) is 13.7. The minimum absolute atomic E-state index is 0.0688. The fraction of sp³-hybridized carbons (Fsp3) is 0.423. The molecule has 0 aliphatic carbocycles. The summed E-state index contributed by atoms with van der Waals surface area (Å²) < 4.78 is 68.5. The van der Waals surface area contributed by atoms with Gasteiger partial charge in [0.2, 0.25) is 15.8 Å². The third kappa shape index (κ3) is 7.12. The minimum atomic E-state index is -6.09. The van der Waals surface area contributed by atoms with Crippen molar-refractivity contribution in [1.82, 2.24) is 9.30 Å². The van der Waals surface area contributed by atoms with Crippen molar-refractivity contribution in [2.45, 2.75) is 49.7 Å². The van der Waals surface area contributed by atoms with Crippen LogP contribution in [0, 0.1) is 22.0 Å². The number of hydrogen-bond donors (Lipinski definition) is 1. The number of hydrogen-bond acceptors (Lipinski definition) is 12. The number of ether oxygens (including phenoxy) is 1. The highest BCUT2D eigenvalue weighted by Crippen LogP contribution is 2.52. The summed E-state index contributed by atoms with van der Waals surface area (Å²) in [5, 5.41) is 25.8. The number of aliphatic hydroxyl groups is 1. The SMILES string of the molecule is CSc1c2sc(C3=C(C(=O)OCc4ccc([N+](=O)[O-])cc4)N4C(=O)[C@H]([C@@H](C)O)[C@H]4[C@H]3C)cn2c[n+]1CCN=[N+]=[N-].O=S(=O)([O-])C(F)(F)F. The lowest BCUT2D eigenvalue weighted by Crippen LogP contribution is -2.63. The molecule has 1 N–H and O–H groups in total. The Kier molecular flexibility index (Phi) is 10.8. The van der Waals surface area contributed by atoms with Gasteiger partial charge in [0.25, 0.3) is 12.0 Å². The minimum Gasteiger partial charge on any atom is -0.741 e. The largest absolute Gasteiger partial charge is 0.741 e. The number of rotatable bonds is 10. The van der Waals surface area contributed by atoms with E-state index in [-0.39, 0.29) is 35.9 Å². The molecule has 48 heavy (non-hydrogen) atoms. The number of azide groups is 1. The molecular formula is C26H26F3N7O9S3. The lowest BCUT2D eigenvalue weighted by Gasteiger charge is -2.46. The molecule has 0 spiro atoms. The zero-order chi connectivity index (χ0) is 35.7. The van der Waals surface area contributed by atoms with Crippen molar-refractivity contribution in [3.05, 3.63) is 73.5 Å². The predicted molar refractivity (Wildman–Crippen MR) is 162 cm³/mol. The molecule has 0 saturated carbocycles. The van der Waals surface area contributed by atoms with Crippen molar-refractivity contribution >= 4 is 61.2 Å². The molecule has 2 aliphatic rings. The molecule has 2 aromatic heterocycles. The van der Waals surface area contributed by atoms with Crippen LogP contribution in [0.2, 0.25) is 0 Å². The Bertz CT molecular complexity index is 1940. The highest BCUT2D eigenvalue weighted by Gasteiger charge is 2.60. The zero-order valence-electron chi connectivity index (χ0n) is 25.1. The van der Waals surface area contributed by atoms with Crippen LogP contribution in [0.25, 0.3) is 20.8 Å². The third-order valence-electron chi connectivity index (χ3n) is 7.53. The second kappa shape index (κ2) is 14.1. The average Bonchev–Trinajstić information content (AvgIpc) is 3.62.